The van der Waals surface area contributed by atoms with Crippen LogP contribution in [-0.4, -0.2) is 20.2 Å². The summed E-state index contributed by atoms with van der Waals surface area (Å²) in [6, 6.07) is 7.61. The predicted molar refractivity (Wildman–Crippen MR) is 86.1 cm³/mol. The van der Waals surface area contributed by atoms with Crippen molar-refractivity contribution in [2.24, 2.45) is 10.9 Å². The third kappa shape index (κ3) is 2.54. The van der Waals surface area contributed by atoms with Crippen molar-refractivity contribution in [2.75, 3.05) is 0 Å². The standard InChI is InChI=1S/C16H18N4O3/c1-10-4-6-11(7-5-10)9-20-15(21)13(14(17)18-23)12-3-2-8-19(12)16(20)22/h4-7,23H,2-3,8-9H2,1H3,(H2,17,18). The minimum atomic E-state index is -0.515. The van der Waals surface area contributed by atoms with Gasteiger partial charge in [0, 0.05) is 12.2 Å². The van der Waals surface area contributed by atoms with Crippen molar-refractivity contribution in [1.29, 1.82) is 0 Å². The summed E-state index contributed by atoms with van der Waals surface area (Å²) in [5.74, 6) is -0.252. The van der Waals surface area contributed by atoms with Crippen LogP contribution in [-0.2, 0) is 19.5 Å². The summed E-state index contributed by atoms with van der Waals surface area (Å²) in [6.45, 7) is 2.66. The monoisotopic (exact) mass is 314 g/mol. The molecule has 0 saturated carbocycles. The predicted octanol–water partition coefficient (Wildman–Crippen LogP) is 0.407. The van der Waals surface area contributed by atoms with E-state index in [1.165, 1.54) is 0 Å². The molecule has 3 N–H and O–H groups in total. The van der Waals surface area contributed by atoms with Crippen molar-refractivity contribution in [3.63, 3.8) is 0 Å². The van der Waals surface area contributed by atoms with Crippen LogP contribution in [0.1, 0.15) is 28.8 Å². The lowest BCUT2D eigenvalue weighted by atomic mass is 10.1. The van der Waals surface area contributed by atoms with E-state index in [-0.39, 0.29) is 23.6 Å². The molecule has 23 heavy (non-hydrogen) atoms. The summed E-state index contributed by atoms with van der Waals surface area (Å²) < 4.78 is 2.69. The number of benzene rings is 1. The van der Waals surface area contributed by atoms with E-state index < -0.39 is 5.56 Å². The molecule has 0 aliphatic carbocycles. The Balaban J connectivity index is 2.19. The minimum absolute atomic E-state index is 0.122. The second kappa shape index (κ2) is 5.75. The number of aryl methyl sites for hydroxylation is 1. The van der Waals surface area contributed by atoms with Crippen molar-refractivity contribution >= 4 is 5.84 Å². The van der Waals surface area contributed by atoms with Crippen molar-refractivity contribution in [2.45, 2.75) is 32.9 Å². The van der Waals surface area contributed by atoms with Crippen LogP contribution in [0.2, 0.25) is 0 Å². The average molecular weight is 314 g/mol. The first kappa shape index (κ1) is 15.1. The van der Waals surface area contributed by atoms with Gasteiger partial charge in [-0.2, -0.15) is 0 Å². The van der Waals surface area contributed by atoms with Crippen molar-refractivity contribution < 1.29 is 5.21 Å². The summed E-state index contributed by atoms with van der Waals surface area (Å²) in [5, 5.41) is 11.9. The first-order valence-corrected chi connectivity index (χ1v) is 7.43. The van der Waals surface area contributed by atoms with Crippen LogP contribution >= 0.6 is 0 Å². The Labute approximate surface area is 132 Å². The number of nitrogens with zero attached hydrogens (tertiary/aromatic N) is 3. The maximum absolute atomic E-state index is 12.7. The highest BCUT2D eigenvalue weighted by Crippen LogP contribution is 2.14. The van der Waals surface area contributed by atoms with E-state index in [1.54, 1.807) is 4.57 Å². The maximum atomic E-state index is 12.7. The van der Waals surface area contributed by atoms with Gasteiger partial charge in [0.15, 0.2) is 5.84 Å². The van der Waals surface area contributed by atoms with Gasteiger partial charge in [0.25, 0.3) is 5.56 Å². The normalized spacial score (nSPS) is 14.0. The highest BCUT2D eigenvalue weighted by atomic mass is 16.4. The smallest absolute Gasteiger partial charge is 0.331 e. The van der Waals surface area contributed by atoms with Gasteiger partial charge >= 0.3 is 5.69 Å². The zero-order chi connectivity index (χ0) is 16.6. The number of hydrogen-bond acceptors (Lipinski definition) is 4. The van der Waals surface area contributed by atoms with Gasteiger partial charge in [0.1, 0.15) is 5.56 Å². The molecular weight excluding hydrogens is 296 g/mol. The molecule has 1 aliphatic rings. The van der Waals surface area contributed by atoms with Crippen LogP contribution in [0.3, 0.4) is 0 Å². The molecule has 7 nitrogen and oxygen atoms in total. The zero-order valence-corrected chi connectivity index (χ0v) is 12.8. The molecule has 2 aromatic rings. The number of fused-ring (bicyclic) bond motifs is 1. The Morgan fingerprint density at radius 1 is 1.30 bits per heavy atom. The van der Waals surface area contributed by atoms with Crippen LogP contribution in [0.15, 0.2) is 39.0 Å². The molecule has 0 amide bonds. The Bertz CT molecular complexity index is 891. The van der Waals surface area contributed by atoms with Crippen molar-refractivity contribution in [3.8, 4) is 0 Å². The zero-order valence-electron chi connectivity index (χ0n) is 12.8. The third-order valence-corrected chi connectivity index (χ3v) is 4.16. The fourth-order valence-corrected chi connectivity index (χ4v) is 2.96. The molecule has 0 saturated heterocycles. The summed E-state index contributed by atoms with van der Waals surface area (Å²) in [6.07, 6.45) is 1.33. The van der Waals surface area contributed by atoms with E-state index in [0.717, 1.165) is 22.1 Å². The highest BCUT2D eigenvalue weighted by Gasteiger charge is 2.24. The van der Waals surface area contributed by atoms with Gasteiger partial charge in [-0.3, -0.25) is 13.9 Å². The van der Waals surface area contributed by atoms with Gasteiger partial charge in [-0.25, -0.2) is 4.79 Å². The van der Waals surface area contributed by atoms with Gasteiger partial charge in [-0.1, -0.05) is 35.0 Å². The SMILES string of the molecule is Cc1ccc(Cn2c(=O)c(C(N)=NO)c3n(c2=O)CCC3)cc1. The fraction of sp³-hybridized carbons (Fsp3) is 0.312. The molecule has 0 fully saturated rings. The van der Waals surface area contributed by atoms with E-state index in [4.69, 9.17) is 10.9 Å². The lowest BCUT2D eigenvalue weighted by molar-refractivity contribution is 0.318. The lowest BCUT2D eigenvalue weighted by Gasteiger charge is -2.13. The number of amidine groups is 1. The first-order chi connectivity index (χ1) is 11.0. The summed E-state index contributed by atoms with van der Waals surface area (Å²) >= 11 is 0. The van der Waals surface area contributed by atoms with E-state index >= 15 is 0 Å². The average Bonchev–Trinajstić information content (AvgIpc) is 3.02. The van der Waals surface area contributed by atoms with Crippen LogP contribution in [0, 0.1) is 6.92 Å². The third-order valence-electron chi connectivity index (χ3n) is 4.16. The second-order valence-electron chi connectivity index (χ2n) is 5.72. The van der Waals surface area contributed by atoms with E-state index in [0.29, 0.717) is 18.7 Å². The number of rotatable bonds is 3. The Morgan fingerprint density at radius 2 is 2.00 bits per heavy atom. The molecule has 0 spiro atoms. The van der Waals surface area contributed by atoms with Gasteiger partial charge < -0.3 is 10.9 Å². The molecule has 3 rings (SSSR count). The summed E-state index contributed by atoms with van der Waals surface area (Å²) in [7, 11) is 0. The van der Waals surface area contributed by atoms with E-state index in [9.17, 15) is 9.59 Å². The Morgan fingerprint density at radius 3 is 2.65 bits per heavy atom. The van der Waals surface area contributed by atoms with Crippen LogP contribution in [0.4, 0.5) is 0 Å². The number of hydrogen-bond donors (Lipinski definition) is 2. The number of oxime groups is 1. The molecule has 0 radical (unpaired) electrons. The molecule has 0 atom stereocenters. The Kier molecular flexibility index (Phi) is 3.77. The maximum Gasteiger partial charge on any atom is 0.331 e. The van der Waals surface area contributed by atoms with Gasteiger partial charge in [-0.15, -0.1) is 0 Å². The van der Waals surface area contributed by atoms with E-state index in [2.05, 4.69) is 5.16 Å². The van der Waals surface area contributed by atoms with Crippen LogP contribution in [0.25, 0.3) is 0 Å². The lowest BCUT2D eigenvalue weighted by Crippen LogP contribution is -2.44. The fourth-order valence-electron chi connectivity index (χ4n) is 2.96. The molecule has 1 aromatic heterocycles. The van der Waals surface area contributed by atoms with Crippen LogP contribution < -0.4 is 17.0 Å². The molecule has 0 unspecified atom stereocenters. The molecule has 0 bridgehead atoms. The number of nitrogens with two attached hydrogens (primary N) is 1. The number of aromatic nitrogens is 2. The molecule has 2 heterocycles. The molecular formula is C16H18N4O3. The molecule has 1 aliphatic heterocycles. The van der Waals surface area contributed by atoms with E-state index in [1.807, 2.05) is 31.2 Å². The summed E-state index contributed by atoms with van der Waals surface area (Å²) in [4.78, 5) is 25.3. The van der Waals surface area contributed by atoms with Gasteiger partial charge in [0.2, 0.25) is 0 Å². The van der Waals surface area contributed by atoms with Gasteiger partial charge in [-0.05, 0) is 25.3 Å². The van der Waals surface area contributed by atoms with Crippen molar-refractivity contribution in [3.05, 3.63) is 67.5 Å². The molecule has 7 heteroatoms. The first-order valence-electron chi connectivity index (χ1n) is 7.43. The quantitative estimate of drug-likeness (QED) is 0.370. The minimum Gasteiger partial charge on any atom is -0.409 e. The largest absolute Gasteiger partial charge is 0.409 e. The Hall–Kier alpha value is -2.83. The van der Waals surface area contributed by atoms with Crippen LogP contribution in [0.5, 0.6) is 0 Å². The van der Waals surface area contributed by atoms with Crippen molar-refractivity contribution in [1.82, 2.24) is 9.13 Å². The topological polar surface area (TPSA) is 103 Å². The molecule has 1 aromatic carbocycles. The molecule has 120 valence electrons. The summed E-state index contributed by atoms with van der Waals surface area (Å²) in [5.41, 5.74) is 7.43. The van der Waals surface area contributed by atoms with Gasteiger partial charge in [0.05, 0.1) is 6.54 Å². The highest BCUT2D eigenvalue weighted by molar-refractivity contribution is 5.97. The second-order valence-corrected chi connectivity index (χ2v) is 5.72.